The minimum atomic E-state index is -0.509. The van der Waals surface area contributed by atoms with Gasteiger partial charge in [-0.05, 0) is 30.7 Å². The Kier molecular flexibility index (Phi) is 5.28. The minimum absolute atomic E-state index is 0.0748. The molecule has 0 aliphatic rings. The lowest BCUT2D eigenvalue weighted by atomic mass is 10.1. The third-order valence-electron chi connectivity index (χ3n) is 3.99. The normalized spacial score (nSPS) is 11.4. The summed E-state index contributed by atoms with van der Waals surface area (Å²) in [6.45, 7) is 3.51. The van der Waals surface area contributed by atoms with E-state index in [1.165, 1.54) is 12.1 Å². The molecule has 0 spiro atoms. The van der Waals surface area contributed by atoms with E-state index in [1.54, 1.807) is 35.3 Å². The summed E-state index contributed by atoms with van der Waals surface area (Å²) < 4.78 is 6.95. The zero-order chi connectivity index (χ0) is 18.5. The standard InChI is InChI=1S/C19H20N4O3/c1-2-26-8-7-23-12-14(4-6-18(23)25)15-9-16-13(3-5-17(20)24)10-21-19(16)22-11-15/h3-6,9-12H,2,7-8H2,1H3,(H2,20,24)(H,21,22)/b5-3+. The predicted molar refractivity (Wildman–Crippen MR) is 101 cm³/mol. The highest BCUT2D eigenvalue weighted by atomic mass is 16.5. The van der Waals surface area contributed by atoms with Crippen molar-refractivity contribution in [2.75, 3.05) is 13.2 Å². The number of primary amides is 1. The van der Waals surface area contributed by atoms with Crippen LogP contribution >= 0.6 is 0 Å². The predicted octanol–water partition coefficient (Wildman–Crippen LogP) is 1.93. The number of amides is 1. The fourth-order valence-corrected chi connectivity index (χ4v) is 2.68. The van der Waals surface area contributed by atoms with Crippen LogP contribution in [0.4, 0.5) is 0 Å². The van der Waals surface area contributed by atoms with Gasteiger partial charge in [0.2, 0.25) is 5.91 Å². The van der Waals surface area contributed by atoms with Crippen molar-refractivity contribution in [3.8, 4) is 11.1 Å². The summed E-state index contributed by atoms with van der Waals surface area (Å²) in [4.78, 5) is 30.4. The van der Waals surface area contributed by atoms with E-state index < -0.39 is 5.91 Å². The average Bonchev–Trinajstić information content (AvgIpc) is 3.04. The second-order valence-electron chi connectivity index (χ2n) is 5.75. The highest BCUT2D eigenvalue weighted by molar-refractivity contribution is 5.95. The zero-order valence-electron chi connectivity index (χ0n) is 14.4. The lowest BCUT2D eigenvalue weighted by Gasteiger charge is -2.08. The summed E-state index contributed by atoms with van der Waals surface area (Å²) >= 11 is 0. The number of carbonyl (C=O) groups excluding carboxylic acids is 1. The van der Waals surface area contributed by atoms with Gasteiger partial charge in [-0.2, -0.15) is 0 Å². The molecule has 3 aromatic heterocycles. The van der Waals surface area contributed by atoms with E-state index in [-0.39, 0.29) is 5.56 Å². The second-order valence-corrected chi connectivity index (χ2v) is 5.75. The quantitative estimate of drug-likeness (QED) is 0.501. The number of nitrogens with one attached hydrogen (secondary N) is 1. The number of rotatable bonds is 7. The van der Waals surface area contributed by atoms with Crippen LogP contribution in [0.3, 0.4) is 0 Å². The largest absolute Gasteiger partial charge is 0.380 e. The van der Waals surface area contributed by atoms with Crippen molar-refractivity contribution in [3.05, 3.63) is 58.8 Å². The van der Waals surface area contributed by atoms with E-state index in [0.29, 0.717) is 25.4 Å². The number of hydrogen-bond acceptors (Lipinski definition) is 4. The van der Waals surface area contributed by atoms with Gasteiger partial charge < -0.3 is 20.0 Å². The molecule has 0 saturated carbocycles. The van der Waals surface area contributed by atoms with Crippen molar-refractivity contribution in [2.24, 2.45) is 5.73 Å². The Morgan fingerprint density at radius 3 is 3.00 bits per heavy atom. The third-order valence-corrected chi connectivity index (χ3v) is 3.99. The maximum absolute atomic E-state index is 12.0. The van der Waals surface area contributed by atoms with Gasteiger partial charge in [-0.1, -0.05) is 0 Å². The first-order valence-electron chi connectivity index (χ1n) is 8.31. The van der Waals surface area contributed by atoms with Gasteiger partial charge in [0, 0.05) is 60.4 Å². The lowest BCUT2D eigenvalue weighted by molar-refractivity contribution is -0.113. The van der Waals surface area contributed by atoms with Gasteiger partial charge in [-0.3, -0.25) is 9.59 Å². The molecule has 0 aromatic carbocycles. The van der Waals surface area contributed by atoms with E-state index in [0.717, 1.165) is 22.1 Å². The maximum atomic E-state index is 12.0. The number of hydrogen-bond donors (Lipinski definition) is 2. The number of pyridine rings is 2. The molecule has 0 aliphatic heterocycles. The molecule has 134 valence electrons. The van der Waals surface area contributed by atoms with Crippen LogP contribution < -0.4 is 11.3 Å². The summed E-state index contributed by atoms with van der Waals surface area (Å²) in [5, 5.41) is 0.868. The number of aromatic amines is 1. The first-order valence-corrected chi connectivity index (χ1v) is 8.31. The van der Waals surface area contributed by atoms with Crippen LogP contribution in [0.2, 0.25) is 0 Å². The Bertz CT molecular complexity index is 1020. The Hall–Kier alpha value is -3.19. The molecular formula is C19H20N4O3. The van der Waals surface area contributed by atoms with Crippen molar-refractivity contribution >= 4 is 23.0 Å². The number of carbonyl (C=O) groups is 1. The molecule has 0 atom stereocenters. The van der Waals surface area contributed by atoms with Crippen molar-refractivity contribution in [3.63, 3.8) is 0 Å². The number of aromatic nitrogens is 3. The van der Waals surface area contributed by atoms with Crippen molar-refractivity contribution < 1.29 is 9.53 Å². The minimum Gasteiger partial charge on any atom is -0.380 e. The molecule has 7 heteroatoms. The summed E-state index contributed by atoms with van der Waals surface area (Å²) in [5.74, 6) is -0.509. The highest BCUT2D eigenvalue weighted by Crippen LogP contribution is 2.24. The van der Waals surface area contributed by atoms with E-state index in [4.69, 9.17) is 10.5 Å². The van der Waals surface area contributed by atoms with Gasteiger partial charge in [-0.15, -0.1) is 0 Å². The number of H-pyrrole nitrogens is 1. The van der Waals surface area contributed by atoms with Crippen LogP contribution in [0.1, 0.15) is 12.5 Å². The highest BCUT2D eigenvalue weighted by Gasteiger charge is 2.07. The smallest absolute Gasteiger partial charge is 0.250 e. The van der Waals surface area contributed by atoms with Gasteiger partial charge in [0.15, 0.2) is 0 Å². The molecule has 3 rings (SSSR count). The van der Waals surface area contributed by atoms with Gasteiger partial charge in [-0.25, -0.2) is 4.98 Å². The molecule has 0 radical (unpaired) electrons. The van der Waals surface area contributed by atoms with Crippen molar-refractivity contribution in [2.45, 2.75) is 13.5 Å². The van der Waals surface area contributed by atoms with Crippen LogP contribution in [0.5, 0.6) is 0 Å². The molecule has 0 saturated heterocycles. The first kappa shape index (κ1) is 17.6. The number of nitrogens with zero attached hydrogens (tertiary/aromatic N) is 2. The van der Waals surface area contributed by atoms with Crippen LogP contribution in [-0.2, 0) is 16.1 Å². The third kappa shape index (κ3) is 3.89. The van der Waals surface area contributed by atoms with Gasteiger partial charge in [0.1, 0.15) is 5.65 Å². The molecule has 3 heterocycles. The molecule has 1 amide bonds. The Balaban J connectivity index is 1.97. The van der Waals surface area contributed by atoms with Gasteiger partial charge in [0.05, 0.1) is 6.61 Å². The molecule has 0 fully saturated rings. The Labute approximate surface area is 150 Å². The van der Waals surface area contributed by atoms with Gasteiger partial charge >= 0.3 is 0 Å². The van der Waals surface area contributed by atoms with Crippen LogP contribution in [0.15, 0.2) is 47.7 Å². The summed E-state index contributed by atoms with van der Waals surface area (Å²) in [6.07, 6.45) is 8.27. The number of nitrogens with two attached hydrogens (primary N) is 1. The van der Waals surface area contributed by atoms with Crippen LogP contribution in [0, 0.1) is 0 Å². The van der Waals surface area contributed by atoms with E-state index in [1.807, 2.05) is 13.0 Å². The van der Waals surface area contributed by atoms with E-state index >= 15 is 0 Å². The SMILES string of the molecule is CCOCCn1cc(-c2cnc3[nH]cc(/C=C/C(N)=O)c3c2)ccc1=O. The molecule has 3 aromatic rings. The average molecular weight is 352 g/mol. The Morgan fingerprint density at radius 1 is 1.38 bits per heavy atom. The van der Waals surface area contributed by atoms with Crippen molar-refractivity contribution in [1.82, 2.24) is 14.5 Å². The monoisotopic (exact) mass is 352 g/mol. The fraction of sp³-hybridized carbons (Fsp3) is 0.211. The molecule has 26 heavy (non-hydrogen) atoms. The second kappa shape index (κ2) is 7.79. The molecule has 0 bridgehead atoms. The zero-order valence-corrected chi connectivity index (χ0v) is 14.4. The molecule has 0 aliphatic carbocycles. The first-order chi connectivity index (χ1) is 12.6. The van der Waals surface area contributed by atoms with Crippen LogP contribution in [-0.4, -0.2) is 33.7 Å². The summed E-state index contributed by atoms with van der Waals surface area (Å²) in [7, 11) is 0. The van der Waals surface area contributed by atoms with Gasteiger partial charge in [0.25, 0.3) is 5.56 Å². The maximum Gasteiger partial charge on any atom is 0.250 e. The lowest BCUT2D eigenvalue weighted by Crippen LogP contribution is -2.21. The topological polar surface area (TPSA) is 103 Å². The Morgan fingerprint density at radius 2 is 2.23 bits per heavy atom. The summed E-state index contributed by atoms with van der Waals surface area (Å²) in [6, 6.07) is 5.27. The van der Waals surface area contributed by atoms with Crippen molar-refractivity contribution in [1.29, 1.82) is 0 Å². The summed E-state index contributed by atoms with van der Waals surface area (Å²) in [5.41, 5.74) is 8.36. The molecular weight excluding hydrogens is 332 g/mol. The fourth-order valence-electron chi connectivity index (χ4n) is 2.68. The van der Waals surface area contributed by atoms with E-state index in [9.17, 15) is 9.59 Å². The molecule has 7 nitrogen and oxygen atoms in total. The number of ether oxygens (including phenoxy) is 1. The van der Waals surface area contributed by atoms with E-state index in [2.05, 4.69) is 9.97 Å². The molecule has 3 N–H and O–H groups in total. The molecule has 0 unspecified atom stereocenters. The van der Waals surface area contributed by atoms with Crippen LogP contribution in [0.25, 0.3) is 28.2 Å². The number of fused-ring (bicyclic) bond motifs is 1.